The van der Waals surface area contributed by atoms with E-state index in [4.69, 9.17) is 21.4 Å². The maximum Gasteiger partial charge on any atom is 0.320 e. The van der Waals surface area contributed by atoms with Gasteiger partial charge in [-0.05, 0) is 73.6 Å². The molecule has 0 unspecified atom stereocenters. The van der Waals surface area contributed by atoms with Crippen LogP contribution in [0.4, 0.5) is 5.69 Å². The fraction of sp³-hybridized carbons (Fsp3) is 0.385. The number of carbonyl (C=O) groups excluding carboxylic acids is 1. The maximum absolute atomic E-state index is 12.3. The number of nitriles is 2. The second-order valence-corrected chi connectivity index (χ2v) is 9.57. The van der Waals surface area contributed by atoms with Gasteiger partial charge in [-0.2, -0.15) is 10.5 Å². The molecule has 1 aromatic heterocycles. The van der Waals surface area contributed by atoms with Crippen molar-refractivity contribution in [1.29, 1.82) is 10.5 Å². The summed E-state index contributed by atoms with van der Waals surface area (Å²) >= 11 is 1.54. The molecule has 4 N–H and O–H groups in total. The highest BCUT2D eigenvalue weighted by molar-refractivity contribution is 7.16. The third-order valence-electron chi connectivity index (χ3n) is 5.92. The monoisotopic (exact) mass is 491 g/mol. The van der Waals surface area contributed by atoms with Crippen LogP contribution in [0.2, 0.25) is 0 Å². The van der Waals surface area contributed by atoms with Gasteiger partial charge in [0, 0.05) is 41.5 Å². The van der Waals surface area contributed by atoms with Gasteiger partial charge < -0.3 is 21.1 Å². The fourth-order valence-corrected chi connectivity index (χ4v) is 4.99. The number of aliphatic carboxylic acids is 1. The SMILES string of the molecule is N#CC(C#N)=Cc1ccc(-c2ccc3c(c2)CCCN3CCC(=O)NCCCC[C@H](N)C(=O)O)s1. The van der Waals surface area contributed by atoms with Gasteiger partial charge in [0.1, 0.15) is 23.8 Å². The number of amides is 1. The number of nitrogens with two attached hydrogens (primary N) is 1. The van der Waals surface area contributed by atoms with Gasteiger partial charge in [-0.3, -0.25) is 9.59 Å². The molecule has 35 heavy (non-hydrogen) atoms. The van der Waals surface area contributed by atoms with Crippen molar-refractivity contribution in [2.45, 2.75) is 44.6 Å². The molecule has 1 amide bonds. The van der Waals surface area contributed by atoms with Crippen LogP contribution >= 0.6 is 11.3 Å². The zero-order valence-corrected chi connectivity index (χ0v) is 20.3. The molecule has 1 aliphatic rings. The molecule has 0 saturated heterocycles. The Balaban J connectivity index is 1.53. The van der Waals surface area contributed by atoms with Crippen molar-refractivity contribution < 1.29 is 14.7 Å². The molecular weight excluding hydrogens is 462 g/mol. The second kappa shape index (κ2) is 12.7. The van der Waals surface area contributed by atoms with Crippen molar-refractivity contribution in [2.24, 2.45) is 5.73 Å². The molecule has 1 atom stereocenters. The smallest absolute Gasteiger partial charge is 0.320 e. The van der Waals surface area contributed by atoms with Crippen LogP contribution in [0.3, 0.4) is 0 Å². The number of carbonyl (C=O) groups is 2. The summed E-state index contributed by atoms with van der Waals surface area (Å²) in [5.74, 6) is -1.00. The lowest BCUT2D eigenvalue weighted by Gasteiger charge is -2.31. The molecule has 3 rings (SSSR count). The molecule has 182 valence electrons. The van der Waals surface area contributed by atoms with Gasteiger partial charge in [-0.15, -0.1) is 11.3 Å². The summed E-state index contributed by atoms with van der Waals surface area (Å²) in [6.45, 7) is 2.07. The first kappa shape index (κ1) is 26.0. The molecule has 1 aromatic carbocycles. The highest BCUT2D eigenvalue weighted by atomic mass is 32.1. The van der Waals surface area contributed by atoms with Crippen molar-refractivity contribution >= 4 is 35.0 Å². The summed E-state index contributed by atoms with van der Waals surface area (Å²) < 4.78 is 0. The summed E-state index contributed by atoms with van der Waals surface area (Å²) in [6.07, 6.45) is 5.78. The largest absolute Gasteiger partial charge is 0.480 e. The van der Waals surface area contributed by atoms with E-state index >= 15 is 0 Å². The minimum absolute atomic E-state index is 0.00967. The molecule has 0 spiro atoms. The Kier molecular flexibility index (Phi) is 9.42. The van der Waals surface area contributed by atoms with E-state index in [0.717, 1.165) is 40.4 Å². The van der Waals surface area contributed by atoms with E-state index in [0.29, 0.717) is 38.8 Å². The summed E-state index contributed by atoms with van der Waals surface area (Å²) in [7, 11) is 0. The summed E-state index contributed by atoms with van der Waals surface area (Å²) in [6, 6.07) is 13.2. The lowest BCUT2D eigenvalue weighted by Crippen LogP contribution is -2.34. The molecule has 0 bridgehead atoms. The number of carboxylic acids is 1. The van der Waals surface area contributed by atoms with Gasteiger partial charge in [0.05, 0.1) is 0 Å². The number of rotatable bonds is 11. The van der Waals surface area contributed by atoms with E-state index in [1.165, 1.54) is 5.56 Å². The van der Waals surface area contributed by atoms with E-state index < -0.39 is 12.0 Å². The van der Waals surface area contributed by atoms with Gasteiger partial charge in [-0.25, -0.2) is 0 Å². The first-order valence-corrected chi connectivity index (χ1v) is 12.5. The number of benzene rings is 1. The number of nitrogens with one attached hydrogen (secondary N) is 1. The van der Waals surface area contributed by atoms with Crippen LogP contribution in [0.5, 0.6) is 0 Å². The minimum Gasteiger partial charge on any atom is -0.480 e. The van der Waals surface area contributed by atoms with Gasteiger partial charge in [0.2, 0.25) is 5.91 Å². The third-order valence-corrected chi connectivity index (χ3v) is 7.00. The Morgan fingerprint density at radius 2 is 2.03 bits per heavy atom. The molecule has 1 aliphatic heterocycles. The number of unbranched alkanes of at least 4 members (excludes halogenated alkanes) is 1. The van der Waals surface area contributed by atoms with Crippen LogP contribution < -0.4 is 16.0 Å². The van der Waals surface area contributed by atoms with Crippen LogP contribution in [-0.2, 0) is 16.0 Å². The number of thiophene rings is 1. The van der Waals surface area contributed by atoms with Crippen molar-refractivity contribution in [3.05, 3.63) is 46.3 Å². The van der Waals surface area contributed by atoms with E-state index in [1.54, 1.807) is 17.4 Å². The molecule has 2 aromatic rings. The molecule has 8 nitrogen and oxygen atoms in total. The zero-order valence-electron chi connectivity index (χ0n) is 19.5. The lowest BCUT2D eigenvalue weighted by molar-refractivity contribution is -0.138. The average Bonchev–Trinajstić information content (AvgIpc) is 3.33. The molecular formula is C26H29N5O3S. The Hall–Kier alpha value is -3.66. The quantitative estimate of drug-likeness (QED) is 0.321. The Labute approximate surface area is 209 Å². The number of allylic oxidation sites excluding steroid dienone is 1. The molecule has 0 radical (unpaired) electrons. The fourth-order valence-electron chi connectivity index (χ4n) is 4.04. The van der Waals surface area contributed by atoms with Gasteiger partial charge in [0.25, 0.3) is 0 Å². The predicted octanol–water partition coefficient (Wildman–Crippen LogP) is 3.69. The zero-order chi connectivity index (χ0) is 25.2. The van der Waals surface area contributed by atoms with Crippen molar-refractivity contribution in [2.75, 3.05) is 24.5 Å². The molecule has 0 saturated carbocycles. The lowest BCUT2D eigenvalue weighted by atomic mass is 9.98. The molecule has 0 aliphatic carbocycles. The third kappa shape index (κ3) is 7.41. The Bertz CT molecular complexity index is 1160. The first-order chi connectivity index (χ1) is 16.9. The maximum atomic E-state index is 12.3. The predicted molar refractivity (Wildman–Crippen MR) is 137 cm³/mol. The minimum atomic E-state index is -0.995. The highest BCUT2D eigenvalue weighted by Gasteiger charge is 2.19. The number of fused-ring (bicyclic) bond motifs is 1. The van der Waals surface area contributed by atoms with Crippen LogP contribution in [-0.4, -0.2) is 42.7 Å². The van der Waals surface area contributed by atoms with Crippen LogP contribution in [0.1, 0.15) is 42.5 Å². The molecule has 0 fully saturated rings. The standard InChI is InChI=1S/C26H29N5O3S/c27-16-18(17-28)14-21-7-9-24(35-21)20-6-8-23-19(15-20)4-3-12-31(23)13-10-25(32)30-11-2-1-5-22(29)26(33)34/h6-9,14-15,22H,1-5,10-13,29H2,(H,30,32)(H,33,34)/t22-/m0/s1. The molecule has 9 heteroatoms. The Morgan fingerprint density at radius 3 is 2.77 bits per heavy atom. The number of aryl methyl sites for hydroxylation is 1. The van der Waals surface area contributed by atoms with Crippen molar-refractivity contribution in [3.63, 3.8) is 0 Å². The average molecular weight is 492 g/mol. The number of nitrogens with zero attached hydrogens (tertiary/aromatic N) is 3. The van der Waals surface area contributed by atoms with E-state index in [2.05, 4.69) is 28.4 Å². The normalized spacial score (nSPS) is 13.2. The van der Waals surface area contributed by atoms with Gasteiger partial charge in [-0.1, -0.05) is 6.07 Å². The van der Waals surface area contributed by atoms with Crippen molar-refractivity contribution in [1.82, 2.24) is 5.32 Å². The van der Waals surface area contributed by atoms with E-state index in [1.807, 2.05) is 24.3 Å². The van der Waals surface area contributed by atoms with Crippen LogP contribution in [0.25, 0.3) is 16.5 Å². The summed E-state index contributed by atoms with van der Waals surface area (Å²) in [5, 5.41) is 29.6. The topological polar surface area (TPSA) is 143 Å². The first-order valence-electron chi connectivity index (χ1n) is 11.7. The second-order valence-electron chi connectivity index (χ2n) is 8.46. The van der Waals surface area contributed by atoms with Crippen LogP contribution in [0, 0.1) is 22.7 Å². The summed E-state index contributed by atoms with van der Waals surface area (Å²) in [4.78, 5) is 27.2. The number of anilines is 1. The number of carboxylic acid groups (broad SMARTS) is 1. The van der Waals surface area contributed by atoms with E-state index in [9.17, 15) is 9.59 Å². The molecule has 2 heterocycles. The summed E-state index contributed by atoms with van der Waals surface area (Å²) in [5.41, 5.74) is 9.09. The van der Waals surface area contributed by atoms with Crippen molar-refractivity contribution in [3.8, 4) is 22.6 Å². The highest BCUT2D eigenvalue weighted by Crippen LogP contribution is 2.35. The Morgan fingerprint density at radius 1 is 1.23 bits per heavy atom. The van der Waals surface area contributed by atoms with Gasteiger partial charge >= 0.3 is 5.97 Å². The number of hydrogen-bond acceptors (Lipinski definition) is 7. The van der Waals surface area contributed by atoms with E-state index in [-0.39, 0.29) is 11.5 Å². The van der Waals surface area contributed by atoms with Crippen LogP contribution in [0.15, 0.2) is 35.9 Å². The number of hydrogen-bond donors (Lipinski definition) is 3. The van der Waals surface area contributed by atoms with Gasteiger partial charge in [0.15, 0.2) is 0 Å².